The molecule has 0 atom stereocenters. The monoisotopic (exact) mass is 430 g/mol. The number of benzene rings is 1. The number of amides is 1. The molecule has 1 aromatic rings. The number of ether oxygens (including phenoxy) is 2. The van der Waals surface area contributed by atoms with Crippen LogP contribution in [-0.4, -0.2) is 48.0 Å². The number of hydrogen-bond donors (Lipinski definition) is 0. The number of carbonyl (C=O) groups is 2. The van der Waals surface area contributed by atoms with Crippen molar-refractivity contribution in [1.29, 1.82) is 0 Å². The maximum absolute atomic E-state index is 12.4. The average molecular weight is 431 g/mol. The first-order valence-electron chi connectivity index (χ1n) is 6.79. The van der Waals surface area contributed by atoms with E-state index < -0.39 is 12.6 Å². The second kappa shape index (κ2) is 8.61. The lowest BCUT2D eigenvalue weighted by Gasteiger charge is -2.13. The van der Waals surface area contributed by atoms with Gasteiger partial charge in [-0.15, -0.1) is 0 Å². The number of carboxylic acids is 1. The quantitative estimate of drug-likeness (QED) is 0.477. The van der Waals surface area contributed by atoms with E-state index in [0.717, 1.165) is 4.47 Å². The molecule has 0 N–H and O–H groups in total. The van der Waals surface area contributed by atoms with Crippen molar-refractivity contribution in [2.24, 2.45) is 0 Å². The number of carbonyl (C=O) groups excluding carboxylic acids is 2. The lowest BCUT2D eigenvalue weighted by Crippen LogP contribution is -2.31. The Morgan fingerprint density at radius 3 is 2.92 bits per heavy atom. The molecule has 0 bridgehead atoms. The zero-order valence-electron chi connectivity index (χ0n) is 12.6. The molecule has 0 aliphatic carbocycles. The standard InChI is InChI=1S/C15H14BrNO5S2/c1-21-5-4-17-14(20)12(24-15(17)23)7-9-6-10(16)2-3-11(9)22-8-13(18)19/h2-3,6-7H,4-5,8H2,1H3,(H,18,19)/p-1/b12-7-. The number of nitrogens with zero attached hydrogens (tertiary/aromatic N) is 1. The third kappa shape index (κ3) is 4.79. The van der Waals surface area contributed by atoms with Crippen LogP contribution in [0.1, 0.15) is 5.56 Å². The van der Waals surface area contributed by atoms with Gasteiger partial charge in [0, 0.05) is 17.1 Å². The second-order valence-electron chi connectivity index (χ2n) is 4.67. The van der Waals surface area contributed by atoms with Crippen LogP contribution >= 0.6 is 39.9 Å². The van der Waals surface area contributed by atoms with Crippen LogP contribution in [0.2, 0.25) is 0 Å². The van der Waals surface area contributed by atoms with Crippen LogP contribution in [0.3, 0.4) is 0 Å². The Bertz CT molecular complexity index is 707. The zero-order valence-corrected chi connectivity index (χ0v) is 15.8. The molecule has 0 unspecified atom stereocenters. The molecular formula is C15H13BrNO5S2-. The molecule has 1 aromatic carbocycles. The molecule has 1 amide bonds. The van der Waals surface area contributed by atoms with Gasteiger partial charge in [-0.2, -0.15) is 0 Å². The lowest BCUT2D eigenvalue weighted by atomic mass is 10.2. The Morgan fingerprint density at radius 2 is 2.25 bits per heavy atom. The molecule has 1 aliphatic heterocycles. The molecule has 1 heterocycles. The fraction of sp³-hybridized carbons (Fsp3) is 0.267. The van der Waals surface area contributed by atoms with Crippen molar-refractivity contribution in [3.05, 3.63) is 33.1 Å². The lowest BCUT2D eigenvalue weighted by molar-refractivity contribution is -0.307. The summed E-state index contributed by atoms with van der Waals surface area (Å²) in [6.07, 6.45) is 1.63. The number of methoxy groups -OCH3 is 1. The zero-order chi connectivity index (χ0) is 17.7. The summed E-state index contributed by atoms with van der Waals surface area (Å²) >= 11 is 9.73. The molecule has 0 radical (unpaired) electrons. The third-order valence-corrected chi connectivity index (χ3v) is 4.87. The van der Waals surface area contributed by atoms with E-state index in [-0.39, 0.29) is 5.91 Å². The summed E-state index contributed by atoms with van der Waals surface area (Å²) in [4.78, 5) is 24.9. The van der Waals surface area contributed by atoms with Gasteiger partial charge in [-0.05, 0) is 24.3 Å². The van der Waals surface area contributed by atoms with E-state index in [1.807, 2.05) is 0 Å². The fourth-order valence-electron chi connectivity index (χ4n) is 1.92. The Morgan fingerprint density at radius 1 is 1.50 bits per heavy atom. The number of thiocarbonyl (C=S) groups is 1. The highest BCUT2D eigenvalue weighted by molar-refractivity contribution is 9.10. The number of halogens is 1. The smallest absolute Gasteiger partial charge is 0.266 e. The van der Waals surface area contributed by atoms with Crippen molar-refractivity contribution in [2.75, 3.05) is 26.9 Å². The van der Waals surface area contributed by atoms with E-state index in [9.17, 15) is 14.7 Å². The van der Waals surface area contributed by atoms with Crippen molar-refractivity contribution < 1.29 is 24.2 Å². The first-order valence-corrected chi connectivity index (χ1v) is 8.80. The minimum absolute atomic E-state index is 0.215. The van der Waals surface area contributed by atoms with Crippen LogP contribution in [-0.2, 0) is 14.3 Å². The van der Waals surface area contributed by atoms with Crippen LogP contribution in [0, 0.1) is 0 Å². The number of rotatable bonds is 7. The number of hydrogen-bond acceptors (Lipinski definition) is 7. The van der Waals surface area contributed by atoms with E-state index in [1.165, 1.54) is 16.7 Å². The van der Waals surface area contributed by atoms with Crippen LogP contribution in [0.15, 0.2) is 27.6 Å². The van der Waals surface area contributed by atoms with Crippen LogP contribution in [0.4, 0.5) is 0 Å². The van der Waals surface area contributed by atoms with Crippen LogP contribution in [0.5, 0.6) is 5.75 Å². The molecule has 24 heavy (non-hydrogen) atoms. The number of thioether (sulfide) groups is 1. The summed E-state index contributed by atoms with van der Waals surface area (Å²) in [6.45, 7) is 0.193. The average Bonchev–Trinajstić information content (AvgIpc) is 2.78. The summed E-state index contributed by atoms with van der Waals surface area (Å²) in [7, 11) is 1.55. The van der Waals surface area contributed by atoms with Crippen LogP contribution in [0.25, 0.3) is 6.08 Å². The number of carboxylic acid groups (broad SMARTS) is 1. The first kappa shape index (κ1) is 18.9. The molecule has 0 aromatic heterocycles. The molecule has 9 heteroatoms. The van der Waals surface area contributed by atoms with E-state index >= 15 is 0 Å². The molecule has 0 spiro atoms. The Balaban J connectivity index is 2.27. The van der Waals surface area contributed by atoms with Crippen molar-refractivity contribution in [2.45, 2.75) is 0 Å². The van der Waals surface area contributed by atoms with Crippen molar-refractivity contribution >= 4 is 62.2 Å². The first-order chi connectivity index (χ1) is 11.4. The predicted octanol–water partition coefficient (Wildman–Crippen LogP) is 1.43. The Hall–Kier alpha value is -1.42. The van der Waals surface area contributed by atoms with E-state index in [4.69, 9.17) is 21.7 Å². The van der Waals surface area contributed by atoms with Crippen molar-refractivity contribution in [3.8, 4) is 5.75 Å². The van der Waals surface area contributed by atoms with E-state index in [0.29, 0.717) is 33.7 Å². The van der Waals surface area contributed by atoms with E-state index in [2.05, 4.69) is 15.9 Å². The largest absolute Gasteiger partial charge is 0.546 e. The number of aliphatic carboxylic acids is 1. The van der Waals surface area contributed by atoms with Gasteiger partial charge in [-0.25, -0.2) is 0 Å². The van der Waals surface area contributed by atoms with Crippen molar-refractivity contribution in [3.63, 3.8) is 0 Å². The fourth-order valence-corrected chi connectivity index (χ4v) is 3.60. The summed E-state index contributed by atoms with van der Waals surface area (Å²) in [6, 6.07) is 5.06. The molecular weight excluding hydrogens is 418 g/mol. The summed E-state index contributed by atoms with van der Waals surface area (Å²) in [5.74, 6) is -1.20. The summed E-state index contributed by atoms with van der Waals surface area (Å²) < 4.78 is 11.4. The van der Waals surface area contributed by atoms with Gasteiger partial charge in [0.25, 0.3) is 5.91 Å². The summed E-state index contributed by atoms with van der Waals surface area (Å²) in [5.41, 5.74) is 0.567. The van der Waals surface area contributed by atoms with Gasteiger partial charge >= 0.3 is 0 Å². The molecule has 0 saturated carbocycles. The van der Waals surface area contributed by atoms with E-state index in [1.54, 1.807) is 31.4 Å². The normalized spacial score (nSPS) is 16.1. The van der Waals surface area contributed by atoms with Crippen molar-refractivity contribution in [1.82, 2.24) is 4.90 Å². The molecule has 1 fully saturated rings. The highest BCUT2D eigenvalue weighted by Gasteiger charge is 2.31. The highest BCUT2D eigenvalue weighted by Crippen LogP contribution is 2.34. The van der Waals surface area contributed by atoms with Gasteiger partial charge in [0.15, 0.2) is 0 Å². The Labute approximate surface area is 156 Å². The maximum atomic E-state index is 12.4. The topological polar surface area (TPSA) is 78.9 Å². The Kier molecular flexibility index (Phi) is 6.79. The molecule has 128 valence electrons. The van der Waals surface area contributed by atoms with Gasteiger partial charge in [0.05, 0.1) is 24.0 Å². The highest BCUT2D eigenvalue weighted by atomic mass is 79.9. The van der Waals surface area contributed by atoms with Gasteiger partial charge in [-0.3, -0.25) is 9.69 Å². The minimum atomic E-state index is -1.32. The molecule has 6 nitrogen and oxygen atoms in total. The van der Waals surface area contributed by atoms with Gasteiger partial charge < -0.3 is 19.4 Å². The van der Waals surface area contributed by atoms with Gasteiger partial charge in [0.1, 0.15) is 16.7 Å². The second-order valence-corrected chi connectivity index (χ2v) is 7.26. The minimum Gasteiger partial charge on any atom is -0.546 e. The maximum Gasteiger partial charge on any atom is 0.266 e. The molecule has 1 saturated heterocycles. The summed E-state index contributed by atoms with van der Waals surface area (Å²) in [5, 5.41) is 10.6. The van der Waals surface area contributed by atoms with Gasteiger partial charge in [-0.1, -0.05) is 39.9 Å². The molecule has 1 aliphatic rings. The van der Waals surface area contributed by atoms with Crippen LogP contribution < -0.4 is 9.84 Å². The molecule has 2 rings (SSSR count). The predicted molar refractivity (Wildman–Crippen MR) is 96.4 cm³/mol. The van der Waals surface area contributed by atoms with Gasteiger partial charge in [0.2, 0.25) is 0 Å². The third-order valence-electron chi connectivity index (χ3n) is 3.00. The SMILES string of the molecule is COCCN1C(=O)/C(=C/c2cc(Br)ccc2OCC(=O)[O-])SC1=S.